The summed E-state index contributed by atoms with van der Waals surface area (Å²) < 4.78 is 25.6. The lowest BCUT2D eigenvalue weighted by atomic mass is 9.85. The average Bonchev–Trinajstić information content (AvgIpc) is 3.14. The van der Waals surface area contributed by atoms with Crippen LogP contribution >= 0.6 is 0 Å². The molecule has 39 heavy (non-hydrogen) atoms. The van der Waals surface area contributed by atoms with Crippen LogP contribution in [0.1, 0.15) is 63.8 Å². The molecule has 8 heteroatoms. The van der Waals surface area contributed by atoms with Gasteiger partial charge in [-0.1, -0.05) is 56.9 Å². The SMILES string of the molecule is CC(C)Oc1ccc(C([O-])=C2C(=O)C(=O)N(CCC[NH+]3CCOCC3)C2c2ccc(C(C)(C)C)cc2)cc1F. The van der Waals surface area contributed by atoms with Gasteiger partial charge >= 0.3 is 0 Å². The molecule has 2 saturated heterocycles. The van der Waals surface area contributed by atoms with Crippen molar-refractivity contribution in [1.82, 2.24) is 4.90 Å². The molecule has 2 fully saturated rings. The molecule has 1 amide bonds. The maximum absolute atomic E-state index is 14.8. The van der Waals surface area contributed by atoms with E-state index >= 15 is 0 Å². The first-order valence-corrected chi connectivity index (χ1v) is 13.7. The Bertz CT molecular complexity index is 1230. The second-order valence-electron chi connectivity index (χ2n) is 11.6. The predicted molar refractivity (Wildman–Crippen MR) is 145 cm³/mol. The van der Waals surface area contributed by atoms with Gasteiger partial charge in [0.1, 0.15) is 13.1 Å². The minimum atomic E-state index is -0.833. The number of carbonyl (C=O) groups is 2. The molecule has 0 spiro atoms. The van der Waals surface area contributed by atoms with E-state index in [2.05, 4.69) is 20.8 Å². The largest absolute Gasteiger partial charge is 0.872 e. The van der Waals surface area contributed by atoms with E-state index in [4.69, 9.17) is 9.47 Å². The number of quaternary nitrogens is 1. The average molecular weight is 539 g/mol. The Kier molecular flexibility index (Phi) is 8.76. The van der Waals surface area contributed by atoms with Crippen molar-refractivity contribution in [1.29, 1.82) is 0 Å². The lowest BCUT2D eigenvalue weighted by Crippen LogP contribution is -3.14. The summed E-state index contributed by atoms with van der Waals surface area (Å²) in [5.74, 6) is -2.83. The first kappa shape index (κ1) is 28.8. The molecular weight excluding hydrogens is 499 g/mol. The van der Waals surface area contributed by atoms with E-state index in [1.54, 1.807) is 13.8 Å². The minimum Gasteiger partial charge on any atom is -0.872 e. The van der Waals surface area contributed by atoms with E-state index in [0.29, 0.717) is 31.7 Å². The highest BCUT2D eigenvalue weighted by atomic mass is 19.1. The van der Waals surface area contributed by atoms with Gasteiger partial charge in [-0.3, -0.25) is 9.59 Å². The smallest absolute Gasteiger partial charge is 0.295 e. The lowest BCUT2D eigenvalue weighted by Gasteiger charge is -2.29. The highest BCUT2D eigenvalue weighted by Crippen LogP contribution is 2.39. The fourth-order valence-corrected chi connectivity index (χ4v) is 5.17. The van der Waals surface area contributed by atoms with Crippen LogP contribution in [-0.2, 0) is 19.7 Å². The Hall–Kier alpha value is -3.23. The number of benzene rings is 2. The maximum atomic E-state index is 14.8. The van der Waals surface area contributed by atoms with Crippen molar-refractivity contribution in [2.75, 3.05) is 39.4 Å². The third-order valence-electron chi connectivity index (χ3n) is 7.31. The number of nitrogens with zero attached hydrogens (tertiary/aromatic N) is 1. The normalized spacial score (nSPS) is 20.2. The number of hydrogen-bond donors (Lipinski definition) is 1. The Morgan fingerprint density at radius 2 is 1.79 bits per heavy atom. The monoisotopic (exact) mass is 538 g/mol. The van der Waals surface area contributed by atoms with Crippen LogP contribution in [0.3, 0.4) is 0 Å². The van der Waals surface area contributed by atoms with Crippen molar-refractivity contribution in [3.63, 3.8) is 0 Å². The van der Waals surface area contributed by atoms with Gasteiger partial charge in [0, 0.05) is 18.5 Å². The number of carbonyl (C=O) groups excluding carboxylic acids is 2. The quantitative estimate of drug-likeness (QED) is 0.317. The Morgan fingerprint density at radius 1 is 1.13 bits per heavy atom. The summed E-state index contributed by atoms with van der Waals surface area (Å²) in [6.07, 6.45) is 0.445. The fourth-order valence-electron chi connectivity index (χ4n) is 5.17. The molecule has 210 valence electrons. The molecule has 0 radical (unpaired) electrons. The molecule has 0 bridgehead atoms. The van der Waals surface area contributed by atoms with E-state index in [1.165, 1.54) is 21.9 Å². The van der Waals surface area contributed by atoms with Gasteiger partial charge in [0.2, 0.25) is 5.78 Å². The molecule has 7 nitrogen and oxygen atoms in total. The van der Waals surface area contributed by atoms with Crippen molar-refractivity contribution in [2.24, 2.45) is 0 Å². The fraction of sp³-hybridized carbons (Fsp3) is 0.484. The summed E-state index contributed by atoms with van der Waals surface area (Å²) in [7, 11) is 0. The summed E-state index contributed by atoms with van der Waals surface area (Å²) in [4.78, 5) is 29.5. The van der Waals surface area contributed by atoms with E-state index in [9.17, 15) is 19.1 Å². The van der Waals surface area contributed by atoms with Crippen LogP contribution < -0.4 is 14.7 Å². The molecule has 1 atom stereocenters. The Labute approximate surface area is 230 Å². The Balaban J connectivity index is 1.70. The zero-order valence-corrected chi connectivity index (χ0v) is 23.5. The zero-order valence-electron chi connectivity index (χ0n) is 23.5. The van der Waals surface area contributed by atoms with Crippen molar-refractivity contribution < 1.29 is 33.5 Å². The summed E-state index contributed by atoms with van der Waals surface area (Å²) >= 11 is 0. The molecule has 0 saturated carbocycles. The number of rotatable bonds is 8. The number of amides is 1. The van der Waals surface area contributed by atoms with Crippen LogP contribution in [0.25, 0.3) is 5.76 Å². The van der Waals surface area contributed by atoms with Crippen molar-refractivity contribution in [3.8, 4) is 5.75 Å². The van der Waals surface area contributed by atoms with Gasteiger partial charge in [-0.25, -0.2) is 4.39 Å². The van der Waals surface area contributed by atoms with Crippen LogP contribution in [-0.4, -0.2) is 62.1 Å². The van der Waals surface area contributed by atoms with Gasteiger partial charge in [0.25, 0.3) is 5.91 Å². The van der Waals surface area contributed by atoms with Crippen molar-refractivity contribution in [2.45, 2.75) is 58.6 Å². The number of hydrogen-bond acceptors (Lipinski definition) is 5. The second-order valence-corrected chi connectivity index (χ2v) is 11.6. The van der Waals surface area contributed by atoms with E-state index in [1.807, 2.05) is 24.3 Å². The molecule has 2 heterocycles. The van der Waals surface area contributed by atoms with Gasteiger partial charge in [-0.2, -0.15) is 0 Å². The zero-order chi connectivity index (χ0) is 28.3. The number of likely N-dealkylation sites (tertiary alicyclic amines) is 1. The van der Waals surface area contributed by atoms with Crippen LogP contribution in [0.4, 0.5) is 4.39 Å². The molecular formula is C31H39FN2O5. The standard InChI is InChI=1S/C31H39FN2O5/c1-20(2)39-25-12-9-22(19-24(25)32)28(35)26-27(21-7-10-23(11-8-21)31(3,4)5)34(30(37)29(26)36)14-6-13-33-15-17-38-18-16-33/h7-12,19-20,27,35H,6,13-18H2,1-5H3. The number of Topliss-reactive ketones (excluding diaryl/α,β-unsaturated/α-hetero) is 1. The van der Waals surface area contributed by atoms with Gasteiger partial charge in [-0.05, 0) is 48.1 Å². The molecule has 2 aromatic carbocycles. The predicted octanol–water partition coefficient (Wildman–Crippen LogP) is 2.44. The molecule has 2 aliphatic heterocycles. The molecule has 2 aliphatic rings. The first-order valence-electron chi connectivity index (χ1n) is 13.7. The van der Waals surface area contributed by atoms with E-state index in [-0.39, 0.29) is 28.4 Å². The van der Waals surface area contributed by atoms with Crippen molar-refractivity contribution >= 4 is 17.4 Å². The van der Waals surface area contributed by atoms with Gasteiger partial charge in [-0.15, -0.1) is 0 Å². The second kappa shape index (κ2) is 11.9. The molecule has 2 aromatic rings. The maximum Gasteiger partial charge on any atom is 0.295 e. The third-order valence-corrected chi connectivity index (χ3v) is 7.31. The van der Waals surface area contributed by atoms with Crippen LogP contribution in [0, 0.1) is 5.82 Å². The minimum absolute atomic E-state index is 0.00989. The summed E-state index contributed by atoms with van der Waals surface area (Å²) in [6, 6.07) is 10.8. The third kappa shape index (κ3) is 6.50. The highest BCUT2D eigenvalue weighted by molar-refractivity contribution is 6.46. The molecule has 0 aliphatic carbocycles. The highest BCUT2D eigenvalue weighted by Gasteiger charge is 2.44. The molecule has 1 N–H and O–H groups in total. The van der Waals surface area contributed by atoms with Crippen LogP contribution in [0.2, 0.25) is 0 Å². The van der Waals surface area contributed by atoms with Gasteiger partial charge < -0.3 is 24.4 Å². The van der Waals surface area contributed by atoms with E-state index < -0.39 is 29.3 Å². The van der Waals surface area contributed by atoms with Crippen LogP contribution in [0.15, 0.2) is 48.0 Å². The lowest BCUT2D eigenvalue weighted by molar-refractivity contribution is -0.908. The number of halogens is 1. The summed E-state index contributed by atoms with van der Waals surface area (Å²) in [5, 5.41) is 13.7. The van der Waals surface area contributed by atoms with Crippen molar-refractivity contribution in [3.05, 3.63) is 70.5 Å². The molecule has 0 aromatic heterocycles. The van der Waals surface area contributed by atoms with Gasteiger partial charge in [0.05, 0.1) is 31.9 Å². The first-order chi connectivity index (χ1) is 18.5. The summed E-state index contributed by atoms with van der Waals surface area (Å²) in [6.45, 7) is 14.3. The van der Waals surface area contributed by atoms with E-state index in [0.717, 1.165) is 31.3 Å². The number of ketones is 1. The van der Waals surface area contributed by atoms with Gasteiger partial charge in [0.15, 0.2) is 11.6 Å². The molecule has 1 unspecified atom stereocenters. The topological polar surface area (TPSA) is 83.3 Å². The number of nitrogens with one attached hydrogen (secondary N) is 1. The van der Waals surface area contributed by atoms with Crippen LogP contribution in [0.5, 0.6) is 5.75 Å². The Morgan fingerprint density at radius 3 is 2.38 bits per heavy atom. The number of morpholine rings is 1. The number of ether oxygens (including phenoxy) is 2. The molecule has 4 rings (SSSR count). The summed E-state index contributed by atoms with van der Waals surface area (Å²) in [5.41, 5.74) is 1.57.